The van der Waals surface area contributed by atoms with Crippen molar-refractivity contribution in [1.82, 2.24) is 25.5 Å². The van der Waals surface area contributed by atoms with Gasteiger partial charge in [0.2, 0.25) is 11.1 Å². The molecular weight excluding hydrogens is 428 g/mol. The highest BCUT2D eigenvalue weighted by Gasteiger charge is 2.22. The number of nitrogens with two attached hydrogens (primary N) is 1. The Morgan fingerprint density at radius 2 is 1.97 bits per heavy atom. The Kier molecular flexibility index (Phi) is 7.81. The summed E-state index contributed by atoms with van der Waals surface area (Å²) in [5.74, 6) is 6.62. The lowest BCUT2D eigenvalue weighted by molar-refractivity contribution is -0.119. The number of nitrogens with zero attached hydrogens (tertiary/aromatic N) is 3. The third-order valence-corrected chi connectivity index (χ3v) is 6.05. The summed E-state index contributed by atoms with van der Waals surface area (Å²) < 4.78 is 6.89. The van der Waals surface area contributed by atoms with Gasteiger partial charge >= 0.3 is 6.03 Å². The number of imide groups is 1. The SMILES string of the molecule is C[C@@H](Sc1nnc(COc2ccc(Cl)cc2)n1N)C(=O)NC(=O)NC1CCCCC1. The lowest BCUT2D eigenvalue weighted by Gasteiger charge is -2.22. The first-order valence-corrected chi connectivity index (χ1v) is 11.0. The lowest BCUT2D eigenvalue weighted by Crippen LogP contribution is -2.47. The average Bonchev–Trinajstić information content (AvgIpc) is 3.07. The number of amides is 3. The van der Waals surface area contributed by atoms with Crippen LogP contribution in [0.1, 0.15) is 44.9 Å². The van der Waals surface area contributed by atoms with Crippen molar-refractivity contribution in [3.8, 4) is 5.75 Å². The fourth-order valence-electron chi connectivity index (χ4n) is 3.06. The summed E-state index contributed by atoms with van der Waals surface area (Å²) in [5, 5.41) is 13.6. The molecule has 3 rings (SSSR count). The number of urea groups is 1. The lowest BCUT2D eigenvalue weighted by atomic mass is 9.96. The number of benzene rings is 1. The van der Waals surface area contributed by atoms with Crippen LogP contribution in [-0.2, 0) is 11.4 Å². The molecule has 1 aromatic heterocycles. The molecule has 1 fully saturated rings. The molecule has 0 aliphatic heterocycles. The molecular formula is C19H25ClN6O3S. The van der Waals surface area contributed by atoms with Crippen molar-refractivity contribution in [1.29, 1.82) is 0 Å². The third-order valence-electron chi connectivity index (χ3n) is 4.75. The van der Waals surface area contributed by atoms with Crippen LogP contribution in [0.3, 0.4) is 0 Å². The van der Waals surface area contributed by atoms with Gasteiger partial charge in [0.25, 0.3) is 0 Å². The minimum Gasteiger partial charge on any atom is -0.486 e. The molecule has 9 nitrogen and oxygen atoms in total. The minimum absolute atomic E-state index is 0.107. The van der Waals surface area contributed by atoms with Gasteiger partial charge in [0.15, 0.2) is 5.82 Å². The number of aromatic nitrogens is 3. The predicted molar refractivity (Wildman–Crippen MR) is 115 cm³/mol. The maximum atomic E-state index is 12.3. The fraction of sp³-hybridized carbons (Fsp3) is 0.474. The van der Waals surface area contributed by atoms with Crippen LogP contribution >= 0.6 is 23.4 Å². The molecule has 1 aliphatic carbocycles. The largest absolute Gasteiger partial charge is 0.486 e. The molecule has 1 aromatic carbocycles. The van der Waals surface area contributed by atoms with Gasteiger partial charge < -0.3 is 15.9 Å². The summed E-state index contributed by atoms with van der Waals surface area (Å²) in [4.78, 5) is 24.4. The summed E-state index contributed by atoms with van der Waals surface area (Å²) in [6.07, 6.45) is 5.29. The smallest absolute Gasteiger partial charge is 0.321 e. The molecule has 4 N–H and O–H groups in total. The Morgan fingerprint density at radius 3 is 2.67 bits per heavy atom. The van der Waals surface area contributed by atoms with Crippen LogP contribution in [0.2, 0.25) is 5.02 Å². The maximum Gasteiger partial charge on any atom is 0.321 e. The number of carbonyl (C=O) groups excluding carboxylic acids is 2. The summed E-state index contributed by atoms with van der Waals surface area (Å²) in [7, 11) is 0. The van der Waals surface area contributed by atoms with E-state index in [9.17, 15) is 9.59 Å². The van der Waals surface area contributed by atoms with E-state index in [1.807, 2.05) is 0 Å². The van der Waals surface area contributed by atoms with Crippen LogP contribution in [0.25, 0.3) is 0 Å². The van der Waals surface area contributed by atoms with E-state index in [1.54, 1.807) is 31.2 Å². The molecule has 0 radical (unpaired) electrons. The normalized spacial score (nSPS) is 15.4. The second-order valence-electron chi connectivity index (χ2n) is 7.07. The molecule has 11 heteroatoms. The van der Waals surface area contributed by atoms with Gasteiger partial charge in [-0.15, -0.1) is 10.2 Å². The first-order valence-electron chi connectivity index (χ1n) is 9.78. The summed E-state index contributed by atoms with van der Waals surface area (Å²) in [5.41, 5.74) is 0. The van der Waals surface area contributed by atoms with Crippen LogP contribution in [0.4, 0.5) is 4.79 Å². The summed E-state index contributed by atoms with van der Waals surface area (Å²) >= 11 is 6.96. The Labute approximate surface area is 184 Å². The number of nitrogens with one attached hydrogen (secondary N) is 2. The topological polar surface area (TPSA) is 124 Å². The van der Waals surface area contributed by atoms with Crippen LogP contribution in [0.15, 0.2) is 29.4 Å². The molecule has 1 heterocycles. The van der Waals surface area contributed by atoms with Crippen molar-refractivity contribution in [2.75, 3.05) is 5.84 Å². The van der Waals surface area contributed by atoms with Crippen LogP contribution in [-0.4, -0.2) is 38.1 Å². The highest BCUT2D eigenvalue weighted by Crippen LogP contribution is 2.22. The van der Waals surface area contributed by atoms with Gasteiger partial charge in [-0.2, -0.15) is 0 Å². The van der Waals surface area contributed by atoms with Crippen molar-refractivity contribution in [3.05, 3.63) is 35.1 Å². The standard InChI is InChI=1S/C19H25ClN6O3S/c1-12(17(27)23-18(28)22-14-5-3-2-4-6-14)30-19-25-24-16(26(19)21)11-29-15-9-7-13(20)8-10-15/h7-10,12,14H,2-6,11,21H2,1H3,(H2,22,23,27,28)/t12-/m1/s1. The summed E-state index contributed by atoms with van der Waals surface area (Å²) in [6.45, 7) is 1.78. The number of hydrogen-bond acceptors (Lipinski definition) is 7. The van der Waals surface area contributed by atoms with Crippen molar-refractivity contribution < 1.29 is 14.3 Å². The Bertz CT molecular complexity index is 870. The Balaban J connectivity index is 1.48. The van der Waals surface area contributed by atoms with E-state index in [2.05, 4.69) is 20.8 Å². The van der Waals surface area contributed by atoms with Gasteiger partial charge in [-0.05, 0) is 44.0 Å². The number of ether oxygens (including phenoxy) is 1. The number of thioether (sulfide) groups is 1. The fourth-order valence-corrected chi connectivity index (χ4v) is 3.97. The van der Waals surface area contributed by atoms with Gasteiger partial charge in [-0.1, -0.05) is 42.6 Å². The minimum atomic E-state index is -0.585. The van der Waals surface area contributed by atoms with Gasteiger partial charge in [0, 0.05) is 11.1 Å². The number of hydrogen-bond donors (Lipinski definition) is 3. The molecule has 0 saturated heterocycles. The predicted octanol–water partition coefficient (Wildman–Crippen LogP) is 2.86. The van der Waals surface area contributed by atoms with Crippen LogP contribution in [0, 0.1) is 0 Å². The zero-order valence-electron chi connectivity index (χ0n) is 16.6. The number of nitrogen functional groups attached to an aromatic ring is 1. The molecule has 2 aromatic rings. The Hall–Kier alpha value is -2.46. The zero-order chi connectivity index (χ0) is 21.5. The van der Waals surface area contributed by atoms with Crippen LogP contribution < -0.4 is 21.2 Å². The molecule has 162 valence electrons. The van der Waals surface area contributed by atoms with Crippen molar-refractivity contribution in [2.45, 2.75) is 62.1 Å². The molecule has 0 unspecified atom stereocenters. The zero-order valence-corrected chi connectivity index (χ0v) is 18.2. The molecule has 1 aliphatic rings. The van der Waals surface area contributed by atoms with Gasteiger partial charge in [0.1, 0.15) is 12.4 Å². The first-order chi connectivity index (χ1) is 14.4. The highest BCUT2D eigenvalue weighted by molar-refractivity contribution is 8.00. The number of rotatable bonds is 7. The van der Waals surface area contributed by atoms with E-state index in [0.29, 0.717) is 21.8 Å². The third kappa shape index (κ3) is 6.27. The van der Waals surface area contributed by atoms with E-state index < -0.39 is 17.2 Å². The van der Waals surface area contributed by atoms with Gasteiger partial charge in [-0.25, -0.2) is 9.47 Å². The van der Waals surface area contributed by atoms with E-state index in [0.717, 1.165) is 37.4 Å². The highest BCUT2D eigenvalue weighted by atomic mass is 35.5. The monoisotopic (exact) mass is 452 g/mol. The maximum absolute atomic E-state index is 12.3. The van der Waals surface area contributed by atoms with Crippen LogP contribution in [0.5, 0.6) is 5.75 Å². The molecule has 0 spiro atoms. The van der Waals surface area contributed by atoms with E-state index >= 15 is 0 Å². The molecule has 0 bridgehead atoms. The van der Waals surface area contributed by atoms with E-state index in [4.69, 9.17) is 22.2 Å². The number of halogens is 1. The van der Waals surface area contributed by atoms with E-state index in [1.165, 1.54) is 11.1 Å². The van der Waals surface area contributed by atoms with Gasteiger partial charge in [-0.3, -0.25) is 10.1 Å². The first kappa shape index (κ1) is 22.2. The molecule has 30 heavy (non-hydrogen) atoms. The van der Waals surface area contributed by atoms with Crippen molar-refractivity contribution in [3.63, 3.8) is 0 Å². The second-order valence-corrected chi connectivity index (χ2v) is 8.81. The number of carbonyl (C=O) groups is 2. The van der Waals surface area contributed by atoms with Crippen molar-refractivity contribution >= 4 is 35.3 Å². The van der Waals surface area contributed by atoms with Crippen molar-refractivity contribution in [2.24, 2.45) is 0 Å². The molecule has 1 saturated carbocycles. The molecule has 3 amide bonds. The average molecular weight is 453 g/mol. The Morgan fingerprint density at radius 1 is 1.27 bits per heavy atom. The second kappa shape index (κ2) is 10.5. The van der Waals surface area contributed by atoms with Gasteiger partial charge in [0.05, 0.1) is 5.25 Å². The molecule has 1 atom stereocenters. The van der Waals surface area contributed by atoms with E-state index in [-0.39, 0.29) is 12.6 Å². The quantitative estimate of drug-likeness (QED) is 0.435. The summed E-state index contributed by atoms with van der Waals surface area (Å²) in [6, 6.07) is 6.57.